The number of anilines is 1. The van der Waals surface area contributed by atoms with Crippen LogP contribution >= 0.6 is 15.9 Å². The van der Waals surface area contributed by atoms with Crippen LogP contribution in [0.15, 0.2) is 51.8 Å². The molecule has 0 saturated heterocycles. The first kappa shape index (κ1) is 14.8. The first-order chi connectivity index (χ1) is 9.42. The average Bonchev–Trinajstić information content (AvgIpc) is 2.39. The van der Waals surface area contributed by atoms with Gasteiger partial charge < -0.3 is 4.74 Å². The van der Waals surface area contributed by atoms with E-state index >= 15 is 0 Å². The average molecular weight is 360 g/mol. The SMILES string of the molecule is COc1ccc(Br)cc1NS(=O)(=O)c1ccc(F)cc1. The van der Waals surface area contributed by atoms with Crippen molar-refractivity contribution in [2.24, 2.45) is 0 Å². The lowest BCUT2D eigenvalue weighted by Gasteiger charge is -2.12. The number of rotatable bonds is 4. The quantitative estimate of drug-likeness (QED) is 0.909. The Hall–Kier alpha value is -1.60. The number of benzene rings is 2. The van der Waals surface area contributed by atoms with Crippen LogP contribution in [0.3, 0.4) is 0 Å². The number of hydrogen-bond acceptors (Lipinski definition) is 3. The van der Waals surface area contributed by atoms with E-state index in [1.165, 1.54) is 19.2 Å². The maximum atomic E-state index is 12.8. The highest BCUT2D eigenvalue weighted by molar-refractivity contribution is 9.10. The number of halogens is 2. The summed E-state index contributed by atoms with van der Waals surface area (Å²) in [4.78, 5) is -0.0269. The topological polar surface area (TPSA) is 55.4 Å². The Morgan fingerprint density at radius 2 is 1.80 bits per heavy atom. The van der Waals surface area contributed by atoms with Crippen molar-refractivity contribution in [1.29, 1.82) is 0 Å². The fraction of sp³-hybridized carbons (Fsp3) is 0.0769. The summed E-state index contributed by atoms with van der Waals surface area (Å²) in [6.07, 6.45) is 0. The molecule has 0 fully saturated rings. The minimum absolute atomic E-state index is 0.0269. The molecular formula is C13H11BrFNO3S. The molecule has 0 bridgehead atoms. The van der Waals surface area contributed by atoms with Gasteiger partial charge in [-0.25, -0.2) is 12.8 Å². The van der Waals surface area contributed by atoms with Crippen molar-refractivity contribution in [2.45, 2.75) is 4.90 Å². The third kappa shape index (κ3) is 3.29. The molecule has 2 aromatic rings. The molecule has 7 heteroatoms. The molecule has 0 unspecified atom stereocenters. The predicted molar refractivity (Wildman–Crippen MR) is 77.9 cm³/mol. The molecule has 20 heavy (non-hydrogen) atoms. The highest BCUT2D eigenvalue weighted by atomic mass is 79.9. The lowest BCUT2D eigenvalue weighted by Crippen LogP contribution is -2.13. The van der Waals surface area contributed by atoms with E-state index in [-0.39, 0.29) is 4.90 Å². The fourth-order valence-corrected chi connectivity index (χ4v) is 3.00. The van der Waals surface area contributed by atoms with Gasteiger partial charge in [0.15, 0.2) is 0 Å². The van der Waals surface area contributed by atoms with Crippen LogP contribution in [-0.4, -0.2) is 15.5 Å². The number of nitrogens with one attached hydrogen (secondary N) is 1. The summed E-state index contributed by atoms with van der Waals surface area (Å²) >= 11 is 3.26. The van der Waals surface area contributed by atoms with Crippen LogP contribution in [-0.2, 0) is 10.0 Å². The zero-order valence-electron chi connectivity index (χ0n) is 10.4. The Labute approximate surface area is 124 Å². The molecule has 1 N–H and O–H groups in total. The van der Waals surface area contributed by atoms with Crippen LogP contribution in [0.1, 0.15) is 0 Å². The van der Waals surface area contributed by atoms with Gasteiger partial charge in [-0.2, -0.15) is 0 Å². The summed E-state index contributed by atoms with van der Waals surface area (Å²) in [5.74, 6) is -0.108. The predicted octanol–water partition coefficient (Wildman–Crippen LogP) is 3.40. The van der Waals surface area contributed by atoms with Crippen molar-refractivity contribution in [1.82, 2.24) is 0 Å². The summed E-state index contributed by atoms with van der Waals surface area (Å²) in [5.41, 5.74) is 0.297. The molecule has 2 aromatic carbocycles. The number of ether oxygens (including phenoxy) is 1. The molecule has 0 aromatic heterocycles. The van der Waals surface area contributed by atoms with E-state index < -0.39 is 15.8 Å². The normalized spacial score (nSPS) is 11.2. The van der Waals surface area contributed by atoms with E-state index in [0.29, 0.717) is 15.9 Å². The lowest BCUT2D eigenvalue weighted by molar-refractivity contribution is 0.417. The van der Waals surface area contributed by atoms with Crippen molar-refractivity contribution in [3.63, 3.8) is 0 Å². The summed E-state index contributed by atoms with van der Waals surface area (Å²) in [6, 6.07) is 9.52. The van der Waals surface area contributed by atoms with Gasteiger partial charge >= 0.3 is 0 Å². The van der Waals surface area contributed by atoms with Gasteiger partial charge in [-0.05, 0) is 42.5 Å². The molecule has 106 valence electrons. The molecule has 0 amide bonds. The van der Waals surface area contributed by atoms with Gasteiger partial charge in [0.05, 0.1) is 17.7 Å². The highest BCUT2D eigenvalue weighted by Gasteiger charge is 2.16. The van der Waals surface area contributed by atoms with E-state index in [4.69, 9.17) is 4.74 Å². The maximum absolute atomic E-state index is 12.8. The third-order valence-corrected chi connectivity index (χ3v) is 4.40. The number of sulfonamides is 1. The number of hydrogen-bond donors (Lipinski definition) is 1. The smallest absolute Gasteiger partial charge is 0.262 e. The summed E-state index contributed by atoms with van der Waals surface area (Å²) in [7, 11) is -2.35. The van der Waals surface area contributed by atoms with Gasteiger partial charge in [0.2, 0.25) is 0 Å². The standard InChI is InChI=1S/C13H11BrFNO3S/c1-19-13-7-2-9(14)8-12(13)16-20(17,18)11-5-3-10(15)4-6-11/h2-8,16H,1H3. The van der Waals surface area contributed by atoms with Crippen molar-refractivity contribution < 1.29 is 17.5 Å². The van der Waals surface area contributed by atoms with Crippen molar-refractivity contribution >= 4 is 31.6 Å². The summed E-state index contributed by atoms with van der Waals surface area (Å²) in [5, 5.41) is 0. The second-order valence-corrected chi connectivity index (χ2v) is 6.50. The van der Waals surface area contributed by atoms with Crippen molar-refractivity contribution in [3.05, 3.63) is 52.8 Å². The monoisotopic (exact) mass is 359 g/mol. The first-order valence-electron chi connectivity index (χ1n) is 5.54. The van der Waals surface area contributed by atoms with E-state index in [9.17, 15) is 12.8 Å². The minimum Gasteiger partial charge on any atom is -0.495 e. The van der Waals surface area contributed by atoms with Crippen LogP contribution in [0.25, 0.3) is 0 Å². The second kappa shape index (κ2) is 5.80. The van der Waals surface area contributed by atoms with Gasteiger partial charge in [-0.1, -0.05) is 15.9 Å². The fourth-order valence-electron chi connectivity index (χ4n) is 1.58. The second-order valence-electron chi connectivity index (χ2n) is 3.90. The molecule has 0 aliphatic rings. The van der Waals surface area contributed by atoms with E-state index in [2.05, 4.69) is 20.7 Å². The van der Waals surface area contributed by atoms with Crippen LogP contribution in [0, 0.1) is 5.82 Å². The Kier molecular flexibility index (Phi) is 4.29. The minimum atomic E-state index is -3.80. The largest absolute Gasteiger partial charge is 0.495 e. The van der Waals surface area contributed by atoms with Crippen molar-refractivity contribution in [2.75, 3.05) is 11.8 Å². The van der Waals surface area contributed by atoms with Gasteiger partial charge in [0.25, 0.3) is 10.0 Å². The van der Waals surface area contributed by atoms with Crippen LogP contribution in [0.5, 0.6) is 5.75 Å². The van der Waals surface area contributed by atoms with Gasteiger partial charge in [-0.3, -0.25) is 4.72 Å². The summed E-state index contributed by atoms with van der Waals surface area (Å²) in [6.45, 7) is 0. The lowest BCUT2D eigenvalue weighted by atomic mass is 10.3. The van der Waals surface area contributed by atoms with Crippen LogP contribution in [0.4, 0.5) is 10.1 Å². The number of methoxy groups -OCH3 is 1. The molecule has 0 saturated carbocycles. The molecule has 0 heterocycles. The Balaban J connectivity index is 2.37. The van der Waals surface area contributed by atoms with Gasteiger partial charge in [0.1, 0.15) is 11.6 Å². The molecule has 0 aliphatic heterocycles. The third-order valence-electron chi connectivity index (χ3n) is 2.53. The van der Waals surface area contributed by atoms with Crippen molar-refractivity contribution in [3.8, 4) is 5.75 Å². The van der Waals surface area contributed by atoms with Crippen LogP contribution < -0.4 is 9.46 Å². The molecule has 4 nitrogen and oxygen atoms in total. The molecule has 0 radical (unpaired) electrons. The Morgan fingerprint density at radius 3 is 2.40 bits per heavy atom. The van der Waals surface area contributed by atoms with E-state index in [0.717, 1.165) is 12.1 Å². The Morgan fingerprint density at radius 1 is 1.15 bits per heavy atom. The zero-order valence-corrected chi connectivity index (χ0v) is 12.8. The molecule has 0 aliphatic carbocycles. The Bertz CT molecular complexity index is 717. The first-order valence-corrected chi connectivity index (χ1v) is 7.82. The maximum Gasteiger partial charge on any atom is 0.262 e. The van der Waals surface area contributed by atoms with E-state index in [1.807, 2.05) is 0 Å². The summed E-state index contributed by atoms with van der Waals surface area (Å²) < 4.78 is 45.4. The van der Waals surface area contributed by atoms with Gasteiger partial charge in [-0.15, -0.1) is 0 Å². The molecule has 0 atom stereocenters. The molecule has 2 rings (SSSR count). The van der Waals surface area contributed by atoms with Gasteiger partial charge in [0, 0.05) is 4.47 Å². The van der Waals surface area contributed by atoms with E-state index in [1.54, 1.807) is 18.2 Å². The molecule has 0 spiro atoms. The van der Waals surface area contributed by atoms with Crippen LogP contribution in [0.2, 0.25) is 0 Å². The molecular weight excluding hydrogens is 349 g/mol. The highest BCUT2D eigenvalue weighted by Crippen LogP contribution is 2.29. The zero-order chi connectivity index (χ0) is 14.8.